The molecule has 0 saturated carbocycles. The minimum Gasteiger partial charge on any atom is -0.388 e. The molecule has 0 aromatic carbocycles. The smallest absolute Gasteiger partial charge is 0.101 e. The van der Waals surface area contributed by atoms with E-state index in [1.165, 1.54) is 154 Å². The molecule has 0 bridgehead atoms. The molecule has 0 saturated heterocycles. The van der Waals surface area contributed by atoms with E-state index in [-0.39, 0.29) is 0 Å². The molecule has 0 amide bonds. The Morgan fingerprint density at radius 2 is 0.711 bits per heavy atom. The molecule has 0 rings (SSSR count). The molecule has 3 nitrogen and oxygen atoms in total. The zero-order valence-electron chi connectivity index (χ0n) is 26.6. The van der Waals surface area contributed by atoms with Crippen LogP contribution in [0.25, 0.3) is 0 Å². The summed E-state index contributed by atoms with van der Waals surface area (Å²) in [6.07, 6.45) is 35.2. The minimum absolute atomic E-state index is 0.413. The average molecular weight is 541 g/mol. The number of hydrogen-bond acceptors (Lipinski definition) is 3. The first-order valence-corrected chi connectivity index (χ1v) is 17.5. The Labute approximate surface area is 240 Å². The van der Waals surface area contributed by atoms with Gasteiger partial charge in [0.2, 0.25) is 0 Å². The van der Waals surface area contributed by atoms with Crippen LogP contribution in [0, 0.1) is 5.92 Å². The predicted molar refractivity (Wildman–Crippen MR) is 168 cm³/mol. The van der Waals surface area contributed by atoms with Gasteiger partial charge in [-0.05, 0) is 18.8 Å². The molecule has 0 radical (unpaired) electrons. The van der Waals surface area contributed by atoms with Gasteiger partial charge >= 0.3 is 0 Å². The normalized spacial score (nSPS) is 12.6. The van der Waals surface area contributed by atoms with Gasteiger partial charge in [0.25, 0.3) is 0 Å². The van der Waals surface area contributed by atoms with Crippen molar-refractivity contribution in [3.63, 3.8) is 0 Å². The third-order valence-corrected chi connectivity index (χ3v) is 7.83. The fourth-order valence-corrected chi connectivity index (χ4v) is 5.23. The molecule has 1 N–H and O–H groups in total. The second kappa shape index (κ2) is 33.1. The largest absolute Gasteiger partial charge is 0.388 e. The first-order chi connectivity index (χ1) is 18.7. The van der Waals surface area contributed by atoms with Gasteiger partial charge < -0.3 is 14.6 Å². The summed E-state index contributed by atoms with van der Waals surface area (Å²) in [6, 6.07) is 0. The quantitative estimate of drug-likeness (QED) is 0.0841. The Bertz CT molecular complexity index is 412. The van der Waals surface area contributed by atoms with Crippen molar-refractivity contribution in [3.05, 3.63) is 0 Å². The van der Waals surface area contributed by atoms with Crippen molar-refractivity contribution < 1.29 is 14.6 Å². The zero-order chi connectivity index (χ0) is 27.8. The highest BCUT2D eigenvalue weighted by molar-refractivity contribution is 4.54. The van der Waals surface area contributed by atoms with E-state index in [0.29, 0.717) is 13.2 Å². The summed E-state index contributed by atoms with van der Waals surface area (Å²) in [4.78, 5) is 0. The van der Waals surface area contributed by atoms with Crippen LogP contribution in [0.5, 0.6) is 0 Å². The van der Waals surface area contributed by atoms with Crippen LogP contribution in [0.4, 0.5) is 0 Å². The van der Waals surface area contributed by atoms with E-state index in [9.17, 15) is 5.11 Å². The summed E-state index contributed by atoms with van der Waals surface area (Å²) in [5, 5.41) is 10.0. The molecule has 1 unspecified atom stereocenters. The van der Waals surface area contributed by atoms with Gasteiger partial charge in [-0.15, -0.1) is 0 Å². The molecule has 0 spiro atoms. The van der Waals surface area contributed by atoms with Crippen molar-refractivity contribution in [1.29, 1.82) is 0 Å². The first-order valence-electron chi connectivity index (χ1n) is 17.5. The number of hydrogen-bond donors (Lipinski definition) is 1. The first kappa shape index (κ1) is 37.9. The van der Waals surface area contributed by atoms with Gasteiger partial charge in [-0.3, -0.25) is 0 Å². The summed E-state index contributed by atoms with van der Waals surface area (Å²) in [6.45, 7) is 9.31. The van der Waals surface area contributed by atoms with Crippen LogP contribution < -0.4 is 0 Å². The van der Waals surface area contributed by atoms with Crippen molar-refractivity contribution in [3.8, 4) is 0 Å². The van der Waals surface area contributed by atoms with Crippen molar-refractivity contribution in [2.75, 3.05) is 26.4 Å². The Hall–Kier alpha value is -0.120. The lowest BCUT2D eigenvalue weighted by atomic mass is 10.0. The van der Waals surface area contributed by atoms with Crippen LogP contribution in [0.1, 0.15) is 188 Å². The van der Waals surface area contributed by atoms with Gasteiger partial charge in [0.05, 0.1) is 13.2 Å². The number of unbranched alkanes of at least 4 members (excludes halogenated alkanes) is 23. The lowest BCUT2D eigenvalue weighted by Gasteiger charge is -2.12. The highest BCUT2D eigenvalue weighted by atomic mass is 16.5. The maximum atomic E-state index is 10.0. The predicted octanol–water partition coefficient (Wildman–Crippen LogP) is 11.2. The van der Waals surface area contributed by atoms with Gasteiger partial charge in [0, 0.05) is 13.2 Å². The lowest BCUT2D eigenvalue weighted by molar-refractivity contribution is -0.0201. The molecule has 0 aliphatic heterocycles. The van der Waals surface area contributed by atoms with Gasteiger partial charge in [0.1, 0.15) is 6.10 Å². The Morgan fingerprint density at radius 1 is 0.421 bits per heavy atom. The Kier molecular flexibility index (Phi) is 33.0. The molecule has 230 valence electrons. The zero-order valence-corrected chi connectivity index (χ0v) is 26.6. The van der Waals surface area contributed by atoms with Crippen LogP contribution in [0.15, 0.2) is 0 Å². The summed E-state index contributed by atoms with van der Waals surface area (Å²) in [5.74, 6) is 0.874. The van der Waals surface area contributed by atoms with Crippen molar-refractivity contribution >= 4 is 0 Å². The van der Waals surface area contributed by atoms with Crippen LogP contribution in [-0.2, 0) is 9.47 Å². The molecule has 0 aromatic rings. The topological polar surface area (TPSA) is 38.7 Å². The average Bonchev–Trinajstić information content (AvgIpc) is 2.90. The van der Waals surface area contributed by atoms with Gasteiger partial charge in [-0.25, -0.2) is 0 Å². The molecule has 0 aliphatic rings. The molecule has 0 aliphatic carbocycles. The fraction of sp³-hybridized carbons (Fsp3) is 1.00. The molecule has 38 heavy (non-hydrogen) atoms. The van der Waals surface area contributed by atoms with Crippen molar-refractivity contribution in [2.45, 2.75) is 194 Å². The number of aliphatic hydroxyl groups is 1. The molecule has 0 aromatic heterocycles. The fourth-order valence-electron chi connectivity index (χ4n) is 5.23. The number of aliphatic hydroxyl groups excluding tert-OH is 1. The van der Waals surface area contributed by atoms with E-state index >= 15 is 0 Å². The molecular weight excluding hydrogens is 468 g/mol. The van der Waals surface area contributed by atoms with Gasteiger partial charge in [0.15, 0.2) is 0 Å². The molecule has 0 fully saturated rings. The van der Waals surface area contributed by atoms with E-state index in [1.54, 1.807) is 0 Å². The summed E-state index contributed by atoms with van der Waals surface area (Å²) >= 11 is 0. The second-order valence-electron chi connectivity index (χ2n) is 12.5. The second-order valence-corrected chi connectivity index (χ2v) is 12.5. The van der Waals surface area contributed by atoms with E-state index in [2.05, 4.69) is 20.8 Å². The highest BCUT2D eigenvalue weighted by Gasteiger charge is 2.04. The van der Waals surface area contributed by atoms with Crippen LogP contribution in [0.3, 0.4) is 0 Å². The van der Waals surface area contributed by atoms with Crippen molar-refractivity contribution in [1.82, 2.24) is 0 Å². The summed E-state index contributed by atoms with van der Waals surface area (Å²) in [5.41, 5.74) is 0. The molecular formula is C35H72O3. The third kappa shape index (κ3) is 33.9. The third-order valence-electron chi connectivity index (χ3n) is 7.83. The van der Waals surface area contributed by atoms with E-state index in [0.717, 1.165) is 32.0 Å². The maximum Gasteiger partial charge on any atom is 0.101 e. The highest BCUT2D eigenvalue weighted by Crippen LogP contribution is 2.15. The van der Waals surface area contributed by atoms with Gasteiger partial charge in [-0.1, -0.05) is 175 Å². The van der Waals surface area contributed by atoms with E-state index in [1.807, 2.05) is 0 Å². The maximum absolute atomic E-state index is 10.0. The molecule has 3 heteroatoms. The number of rotatable bonds is 33. The van der Waals surface area contributed by atoms with Gasteiger partial charge in [-0.2, -0.15) is 0 Å². The van der Waals surface area contributed by atoms with Crippen molar-refractivity contribution in [2.24, 2.45) is 5.92 Å². The number of ether oxygens (including phenoxy) is 2. The van der Waals surface area contributed by atoms with E-state index < -0.39 is 6.10 Å². The standard InChI is InChI=1S/C35H72O3/c1-4-5-6-7-8-9-10-15-18-21-24-27-30-37-32-35(36)33-38-31-28-25-22-19-16-13-11-12-14-17-20-23-26-29-34(2)3/h34-36H,4-33H2,1-3H3. The van der Waals surface area contributed by atoms with Crippen LogP contribution in [-0.4, -0.2) is 37.6 Å². The Morgan fingerprint density at radius 3 is 1.03 bits per heavy atom. The molecule has 0 heterocycles. The minimum atomic E-state index is -0.479. The lowest BCUT2D eigenvalue weighted by Crippen LogP contribution is -2.22. The van der Waals surface area contributed by atoms with Crippen LogP contribution in [0.2, 0.25) is 0 Å². The summed E-state index contributed by atoms with van der Waals surface area (Å²) in [7, 11) is 0. The van der Waals surface area contributed by atoms with Crippen LogP contribution >= 0.6 is 0 Å². The molecule has 1 atom stereocenters. The SMILES string of the molecule is CCCCCCCCCCCCCCOCC(O)COCCCCCCCCCCCCCCCC(C)C. The van der Waals surface area contributed by atoms with E-state index in [4.69, 9.17) is 9.47 Å². The monoisotopic (exact) mass is 541 g/mol. The Balaban J connectivity index is 3.14. The summed E-state index contributed by atoms with van der Waals surface area (Å²) < 4.78 is 11.3.